The molecule has 0 spiro atoms. The van der Waals surface area contributed by atoms with E-state index in [1.165, 1.54) is 0 Å². The molecule has 7 nitrogen and oxygen atoms in total. The standard InChI is InChI=1S/C21H30Cl2N2O5/c1-28-7-6-24-21(27)9-16-3-5-19-20(30-16)13-29-12-15(26)11-25(19)10-14-2-4-17(22)18(23)8-14/h2,4,8,15-16,19-20,26H,3,5-7,9-13H2,1H3,(H,24,27)/t15-,16-,19+,20-/m1/s1. The molecule has 2 aliphatic rings. The van der Waals surface area contributed by atoms with Gasteiger partial charge in [-0.25, -0.2) is 0 Å². The van der Waals surface area contributed by atoms with Gasteiger partial charge in [0, 0.05) is 32.8 Å². The number of rotatable bonds is 7. The van der Waals surface area contributed by atoms with Gasteiger partial charge < -0.3 is 24.6 Å². The molecule has 3 rings (SSSR count). The largest absolute Gasteiger partial charge is 0.389 e. The van der Waals surface area contributed by atoms with Gasteiger partial charge in [-0.1, -0.05) is 29.3 Å². The van der Waals surface area contributed by atoms with Crippen molar-refractivity contribution >= 4 is 29.1 Å². The molecule has 0 aliphatic carbocycles. The molecule has 168 valence electrons. The molecule has 1 aromatic carbocycles. The molecule has 2 heterocycles. The predicted molar refractivity (Wildman–Crippen MR) is 115 cm³/mol. The molecule has 0 radical (unpaired) electrons. The quantitative estimate of drug-likeness (QED) is 0.607. The normalized spacial score (nSPS) is 27.7. The first-order chi connectivity index (χ1) is 14.5. The Bertz CT molecular complexity index is 708. The van der Waals surface area contributed by atoms with Gasteiger partial charge in [-0.15, -0.1) is 0 Å². The van der Waals surface area contributed by atoms with Crippen LogP contribution in [0.1, 0.15) is 24.8 Å². The van der Waals surface area contributed by atoms with Crippen molar-refractivity contribution in [1.82, 2.24) is 10.2 Å². The first-order valence-electron chi connectivity index (χ1n) is 10.3. The molecular formula is C21H30Cl2N2O5. The number of hydrogen-bond donors (Lipinski definition) is 2. The Balaban J connectivity index is 1.63. The van der Waals surface area contributed by atoms with E-state index in [0.29, 0.717) is 49.3 Å². The number of amides is 1. The summed E-state index contributed by atoms with van der Waals surface area (Å²) in [6.45, 7) is 2.73. The van der Waals surface area contributed by atoms with Crippen molar-refractivity contribution in [3.63, 3.8) is 0 Å². The zero-order chi connectivity index (χ0) is 21.5. The minimum atomic E-state index is -0.571. The van der Waals surface area contributed by atoms with Gasteiger partial charge in [-0.2, -0.15) is 0 Å². The summed E-state index contributed by atoms with van der Waals surface area (Å²) in [6, 6.07) is 5.68. The van der Waals surface area contributed by atoms with E-state index in [0.717, 1.165) is 18.4 Å². The molecule has 2 fully saturated rings. The number of fused-ring (bicyclic) bond motifs is 1. The monoisotopic (exact) mass is 460 g/mol. The van der Waals surface area contributed by atoms with Crippen LogP contribution in [-0.4, -0.2) is 80.3 Å². The highest BCUT2D eigenvalue weighted by Gasteiger charge is 2.38. The number of halogens is 2. The van der Waals surface area contributed by atoms with Gasteiger partial charge in [0.15, 0.2) is 0 Å². The lowest BCUT2D eigenvalue weighted by Crippen LogP contribution is -2.55. The van der Waals surface area contributed by atoms with Crippen molar-refractivity contribution in [3.05, 3.63) is 33.8 Å². The lowest BCUT2D eigenvalue weighted by atomic mass is 9.94. The van der Waals surface area contributed by atoms with Gasteiger partial charge >= 0.3 is 0 Å². The van der Waals surface area contributed by atoms with Crippen molar-refractivity contribution < 1.29 is 24.1 Å². The van der Waals surface area contributed by atoms with Crippen molar-refractivity contribution in [1.29, 1.82) is 0 Å². The number of nitrogens with zero attached hydrogens (tertiary/aromatic N) is 1. The van der Waals surface area contributed by atoms with E-state index in [-0.39, 0.29) is 30.8 Å². The van der Waals surface area contributed by atoms with Crippen LogP contribution >= 0.6 is 23.2 Å². The third-order valence-corrected chi connectivity index (χ3v) is 6.24. The van der Waals surface area contributed by atoms with Crippen LogP contribution in [0.4, 0.5) is 0 Å². The predicted octanol–water partition coefficient (Wildman–Crippen LogP) is 2.26. The molecule has 0 aromatic heterocycles. The number of carbonyl (C=O) groups is 1. The van der Waals surface area contributed by atoms with Crippen LogP contribution in [0.2, 0.25) is 10.0 Å². The number of nitrogens with one attached hydrogen (secondary N) is 1. The second-order valence-electron chi connectivity index (χ2n) is 7.86. The first-order valence-corrected chi connectivity index (χ1v) is 11.1. The Labute approximate surface area is 187 Å². The number of methoxy groups -OCH3 is 1. The summed E-state index contributed by atoms with van der Waals surface area (Å²) in [5.74, 6) is -0.0367. The van der Waals surface area contributed by atoms with Gasteiger partial charge in [-0.3, -0.25) is 9.69 Å². The molecular weight excluding hydrogens is 431 g/mol. The number of benzene rings is 1. The second kappa shape index (κ2) is 11.6. The van der Waals surface area contributed by atoms with Gasteiger partial charge in [0.05, 0.1) is 54.6 Å². The van der Waals surface area contributed by atoms with Crippen molar-refractivity contribution in [2.75, 3.05) is 40.0 Å². The molecule has 1 amide bonds. The van der Waals surface area contributed by atoms with E-state index in [1.54, 1.807) is 13.2 Å². The summed E-state index contributed by atoms with van der Waals surface area (Å²) < 4.78 is 16.9. The average molecular weight is 461 g/mol. The maximum absolute atomic E-state index is 12.1. The van der Waals surface area contributed by atoms with E-state index >= 15 is 0 Å². The fourth-order valence-corrected chi connectivity index (χ4v) is 4.39. The minimum absolute atomic E-state index is 0.0367. The average Bonchev–Trinajstić information content (AvgIpc) is 2.69. The van der Waals surface area contributed by atoms with Crippen molar-refractivity contribution in [3.8, 4) is 0 Å². The molecule has 2 aliphatic heterocycles. The molecule has 0 unspecified atom stereocenters. The second-order valence-corrected chi connectivity index (χ2v) is 8.67. The number of aliphatic hydroxyl groups is 1. The summed E-state index contributed by atoms with van der Waals surface area (Å²) in [4.78, 5) is 14.4. The molecule has 0 saturated carbocycles. The summed E-state index contributed by atoms with van der Waals surface area (Å²) in [7, 11) is 1.60. The van der Waals surface area contributed by atoms with Gasteiger partial charge in [0.2, 0.25) is 5.91 Å². The zero-order valence-electron chi connectivity index (χ0n) is 17.2. The Morgan fingerprint density at radius 3 is 2.90 bits per heavy atom. The molecule has 1 aromatic rings. The summed E-state index contributed by atoms with van der Waals surface area (Å²) >= 11 is 12.2. The lowest BCUT2D eigenvalue weighted by molar-refractivity contribution is -0.158. The molecule has 0 bridgehead atoms. The van der Waals surface area contributed by atoms with Crippen LogP contribution < -0.4 is 5.32 Å². The smallest absolute Gasteiger partial charge is 0.222 e. The molecule has 4 atom stereocenters. The highest BCUT2D eigenvalue weighted by atomic mass is 35.5. The maximum Gasteiger partial charge on any atom is 0.222 e. The SMILES string of the molecule is COCCNC(=O)C[C@H]1CC[C@H]2[C@@H](COC[C@H](O)CN2Cc2ccc(Cl)c(Cl)c2)O1. The van der Waals surface area contributed by atoms with Gasteiger partial charge in [-0.05, 0) is 30.5 Å². The fraction of sp³-hybridized carbons (Fsp3) is 0.667. The Hall–Kier alpha value is -0.930. The highest BCUT2D eigenvalue weighted by molar-refractivity contribution is 6.42. The number of aliphatic hydroxyl groups excluding tert-OH is 1. The van der Waals surface area contributed by atoms with E-state index in [4.69, 9.17) is 37.4 Å². The van der Waals surface area contributed by atoms with Gasteiger partial charge in [0.25, 0.3) is 0 Å². The lowest BCUT2D eigenvalue weighted by Gasteiger charge is -2.44. The minimum Gasteiger partial charge on any atom is -0.389 e. The van der Waals surface area contributed by atoms with E-state index in [9.17, 15) is 9.90 Å². The zero-order valence-corrected chi connectivity index (χ0v) is 18.7. The molecule has 9 heteroatoms. The number of carbonyl (C=O) groups excluding carboxylic acids is 1. The summed E-state index contributed by atoms with van der Waals surface area (Å²) in [5, 5.41) is 14.2. The molecule has 2 N–H and O–H groups in total. The number of ether oxygens (including phenoxy) is 3. The van der Waals surface area contributed by atoms with E-state index < -0.39 is 6.10 Å². The number of β-amino-alcohol motifs (C(OH)–C–C–N with tert-alkyl or cyclic N) is 1. The topological polar surface area (TPSA) is 80.3 Å². The highest BCUT2D eigenvalue weighted by Crippen LogP contribution is 2.30. The van der Waals surface area contributed by atoms with Crippen LogP contribution in [0.25, 0.3) is 0 Å². The summed E-state index contributed by atoms with van der Waals surface area (Å²) in [6.07, 6.45) is 1.07. The van der Waals surface area contributed by atoms with Crippen molar-refractivity contribution in [2.45, 2.75) is 50.2 Å². The third kappa shape index (κ3) is 6.79. The molecule has 30 heavy (non-hydrogen) atoms. The number of hydrogen-bond acceptors (Lipinski definition) is 6. The van der Waals surface area contributed by atoms with Crippen LogP contribution in [-0.2, 0) is 25.5 Å². The van der Waals surface area contributed by atoms with Gasteiger partial charge in [0.1, 0.15) is 0 Å². The maximum atomic E-state index is 12.1. The Morgan fingerprint density at radius 1 is 1.30 bits per heavy atom. The Kier molecular flexibility index (Phi) is 9.19. The van der Waals surface area contributed by atoms with Crippen LogP contribution in [0, 0.1) is 0 Å². The van der Waals surface area contributed by atoms with Crippen LogP contribution in [0.15, 0.2) is 18.2 Å². The molecule has 2 saturated heterocycles. The third-order valence-electron chi connectivity index (χ3n) is 5.50. The van der Waals surface area contributed by atoms with Crippen LogP contribution in [0.3, 0.4) is 0 Å². The fourth-order valence-electron chi connectivity index (χ4n) is 4.07. The summed E-state index contributed by atoms with van der Waals surface area (Å²) in [5.41, 5.74) is 1.02. The van der Waals surface area contributed by atoms with E-state index in [2.05, 4.69) is 10.2 Å². The Morgan fingerprint density at radius 2 is 2.13 bits per heavy atom. The van der Waals surface area contributed by atoms with E-state index in [1.807, 2.05) is 12.1 Å². The van der Waals surface area contributed by atoms with Crippen LogP contribution in [0.5, 0.6) is 0 Å². The first kappa shape index (κ1) is 23.7. The van der Waals surface area contributed by atoms with Crippen molar-refractivity contribution in [2.24, 2.45) is 0 Å².